The van der Waals surface area contributed by atoms with Crippen molar-refractivity contribution in [1.29, 1.82) is 0 Å². The van der Waals surface area contributed by atoms with E-state index in [-0.39, 0.29) is 11.7 Å². The third-order valence-electron chi connectivity index (χ3n) is 2.70. The molecule has 0 aliphatic rings. The first-order valence-corrected chi connectivity index (χ1v) is 6.54. The van der Waals surface area contributed by atoms with E-state index in [4.69, 9.17) is 0 Å². The summed E-state index contributed by atoms with van der Waals surface area (Å²) >= 11 is 0. The molecule has 2 rings (SSSR count). The Balaban J connectivity index is 1.84. The van der Waals surface area contributed by atoms with Crippen LogP contribution in [0.5, 0.6) is 5.75 Å². The highest BCUT2D eigenvalue weighted by Gasteiger charge is 2.03. The monoisotopic (exact) mass is 304 g/mol. The van der Waals surface area contributed by atoms with Crippen molar-refractivity contribution >= 4 is 12.0 Å². The lowest BCUT2D eigenvalue weighted by Crippen LogP contribution is -2.20. The summed E-state index contributed by atoms with van der Waals surface area (Å²) in [4.78, 5) is 15.7. The van der Waals surface area contributed by atoms with E-state index in [1.165, 1.54) is 18.2 Å². The zero-order chi connectivity index (χ0) is 15.8. The summed E-state index contributed by atoms with van der Waals surface area (Å²) in [5.74, 6) is -0.190. The molecule has 1 N–H and O–H groups in total. The molecule has 6 heteroatoms. The molecule has 4 nitrogen and oxygen atoms in total. The van der Waals surface area contributed by atoms with Gasteiger partial charge in [0.2, 0.25) is 5.91 Å². The van der Waals surface area contributed by atoms with Gasteiger partial charge in [0, 0.05) is 12.3 Å². The fourth-order valence-electron chi connectivity index (χ4n) is 1.67. The molecule has 2 aromatic rings. The van der Waals surface area contributed by atoms with Crippen molar-refractivity contribution in [3.05, 3.63) is 66.0 Å². The molecule has 0 fully saturated rings. The molecule has 0 saturated heterocycles. The van der Waals surface area contributed by atoms with Gasteiger partial charge in [0.1, 0.15) is 5.75 Å². The number of carbonyl (C=O) groups is 1. The molecule has 0 saturated carbocycles. The number of pyridine rings is 1. The summed E-state index contributed by atoms with van der Waals surface area (Å²) in [5.41, 5.74) is 1.47. The van der Waals surface area contributed by atoms with Gasteiger partial charge in [0.15, 0.2) is 0 Å². The first-order chi connectivity index (χ1) is 10.6. The molecule has 1 heterocycles. The second-order valence-corrected chi connectivity index (χ2v) is 4.32. The molecule has 0 radical (unpaired) electrons. The van der Waals surface area contributed by atoms with Crippen molar-refractivity contribution in [1.82, 2.24) is 10.3 Å². The van der Waals surface area contributed by atoms with Gasteiger partial charge < -0.3 is 10.1 Å². The molecule has 1 amide bonds. The number of hydrogen-bond acceptors (Lipinski definition) is 3. The van der Waals surface area contributed by atoms with E-state index < -0.39 is 6.61 Å². The number of alkyl halides is 2. The molecule has 0 aliphatic heterocycles. The van der Waals surface area contributed by atoms with E-state index in [1.54, 1.807) is 30.5 Å². The zero-order valence-corrected chi connectivity index (χ0v) is 11.6. The summed E-state index contributed by atoms with van der Waals surface area (Å²) in [6.07, 6.45) is 4.60. The second kappa shape index (κ2) is 7.87. The number of halogens is 2. The number of ether oxygens (including phenoxy) is 1. The smallest absolute Gasteiger partial charge is 0.387 e. The number of nitrogens with zero attached hydrogens (tertiary/aromatic N) is 1. The van der Waals surface area contributed by atoms with Crippen molar-refractivity contribution in [2.45, 2.75) is 13.2 Å². The van der Waals surface area contributed by atoms with Crippen molar-refractivity contribution in [2.24, 2.45) is 0 Å². The Kier molecular flexibility index (Phi) is 5.59. The van der Waals surface area contributed by atoms with Crippen molar-refractivity contribution in [2.75, 3.05) is 0 Å². The van der Waals surface area contributed by atoms with Crippen LogP contribution in [-0.2, 0) is 11.3 Å². The molecule has 0 bridgehead atoms. The number of aromatic nitrogens is 1. The molecular weight excluding hydrogens is 290 g/mol. The lowest BCUT2D eigenvalue weighted by Gasteiger charge is -2.04. The minimum Gasteiger partial charge on any atom is -0.435 e. The topological polar surface area (TPSA) is 51.2 Å². The number of benzene rings is 1. The Morgan fingerprint density at radius 2 is 2.00 bits per heavy atom. The van der Waals surface area contributed by atoms with E-state index in [9.17, 15) is 13.6 Å². The third kappa shape index (κ3) is 5.32. The summed E-state index contributed by atoms with van der Waals surface area (Å²) in [6, 6.07) is 11.4. The van der Waals surface area contributed by atoms with Crippen LogP contribution < -0.4 is 10.1 Å². The highest BCUT2D eigenvalue weighted by Crippen LogP contribution is 2.15. The Labute approximate surface area is 126 Å². The van der Waals surface area contributed by atoms with Crippen LogP contribution in [0.15, 0.2) is 54.7 Å². The molecule has 114 valence electrons. The predicted molar refractivity (Wildman–Crippen MR) is 78.2 cm³/mol. The molecule has 0 spiro atoms. The number of carbonyl (C=O) groups excluding carboxylic acids is 1. The van der Waals surface area contributed by atoms with Crippen LogP contribution in [0.25, 0.3) is 6.08 Å². The predicted octanol–water partition coefficient (Wildman–Crippen LogP) is 3.01. The number of hydrogen-bond donors (Lipinski definition) is 1. The maximum absolute atomic E-state index is 12.0. The van der Waals surface area contributed by atoms with E-state index in [2.05, 4.69) is 15.0 Å². The highest BCUT2D eigenvalue weighted by molar-refractivity contribution is 5.91. The summed E-state index contributed by atoms with van der Waals surface area (Å²) in [6.45, 7) is -2.51. The average molecular weight is 304 g/mol. The van der Waals surface area contributed by atoms with Crippen LogP contribution >= 0.6 is 0 Å². The van der Waals surface area contributed by atoms with E-state index in [0.29, 0.717) is 12.1 Å². The quantitative estimate of drug-likeness (QED) is 0.835. The molecule has 1 aromatic carbocycles. The van der Waals surface area contributed by atoms with Crippen LogP contribution in [0.2, 0.25) is 0 Å². The summed E-state index contributed by atoms with van der Waals surface area (Å²) < 4.78 is 28.2. The molecule has 0 aliphatic carbocycles. The van der Waals surface area contributed by atoms with Gasteiger partial charge in [0.25, 0.3) is 0 Å². The normalized spacial score (nSPS) is 10.9. The summed E-state index contributed by atoms with van der Waals surface area (Å²) in [5, 5.41) is 2.69. The Morgan fingerprint density at radius 3 is 2.64 bits per heavy atom. The van der Waals surface area contributed by atoms with Gasteiger partial charge in [0.05, 0.1) is 12.2 Å². The van der Waals surface area contributed by atoms with Gasteiger partial charge in [-0.25, -0.2) is 0 Å². The molecule has 0 unspecified atom stereocenters. The first-order valence-electron chi connectivity index (χ1n) is 6.54. The molecule has 0 atom stereocenters. The lowest BCUT2D eigenvalue weighted by atomic mass is 10.2. The fraction of sp³-hybridized carbons (Fsp3) is 0.125. The lowest BCUT2D eigenvalue weighted by molar-refractivity contribution is -0.116. The molecular formula is C16H14F2N2O2. The Hall–Kier alpha value is -2.76. The van der Waals surface area contributed by atoms with Gasteiger partial charge in [-0.2, -0.15) is 8.78 Å². The Bertz CT molecular complexity index is 628. The zero-order valence-electron chi connectivity index (χ0n) is 11.6. The molecule has 22 heavy (non-hydrogen) atoms. The first kappa shape index (κ1) is 15.6. The minimum atomic E-state index is -2.85. The third-order valence-corrected chi connectivity index (χ3v) is 2.70. The van der Waals surface area contributed by atoms with Crippen molar-refractivity contribution in [3.63, 3.8) is 0 Å². The van der Waals surface area contributed by atoms with Gasteiger partial charge in [-0.15, -0.1) is 0 Å². The van der Waals surface area contributed by atoms with Crippen molar-refractivity contribution < 1.29 is 18.3 Å². The number of rotatable bonds is 6. The standard InChI is InChI=1S/C16H14F2N2O2/c17-16(18)22-14-7-4-12(5-8-14)6-9-15(21)20-11-13-3-1-2-10-19-13/h1-10,16H,11H2,(H,20,21). The van der Waals surface area contributed by atoms with Crippen molar-refractivity contribution in [3.8, 4) is 5.75 Å². The van der Waals surface area contributed by atoms with Gasteiger partial charge in [-0.05, 0) is 35.9 Å². The highest BCUT2D eigenvalue weighted by atomic mass is 19.3. The Morgan fingerprint density at radius 1 is 1.23 bits per heavy atom. The van der Waals surface area contributed by atoms with Gasteiger partial charge in [-0.1, -0.05) is 18.2 Å². The van der Waals surface area contributed by atoms with E-state index in [1.807, 2.05) is 12.1 Å². The van der Waals surface area contributed by atoms with E-state index in [0.717, 1.165) is 5.69 Å². The largest absolute Gasteiger partial charge is 0.435 e. The SMILES string of the molecule is O=C(C=Cc1ccc(OC(F)F)cc1)NCc1ccccn1. The van der Waals surface area contributed by atoms with Crippen LogP contribution in [0.4, 0.5) is 8.78 Å². The summed E-state index contributed by atoms with van der Waals surface area (Å²) in [7, 11) is 0. The maximum Gasteiger partial charge on any atom is 0.387 e. The minimum absolute atomic E-state index is 0.0757. The maximum atomic E-state index is 12.0. The number of amides is 1. The number of nitrogens with one attached hydrogen (secondary N) is 1. The fourth-order valence-corrected chi connectivity index (χ4v) is 1.67. The van der Waals surface area contributed by atoms with Crippen LogP contribution in [0.3, 0.4) is 0 Å². The van der Waals surface area contributed by atoms with Crippen LogP contribution in [0.1, 0.15) is 11.3 Å². The van der Waals surface area contributed by atoms with Gasteiger partial charge >= 0.3 is 6.61 Å². The van der Waals surface area contributed by atoms with Crippen LogP contribution in [0, 0.1) is 0 Å². The average Bonchev–Trinajstić information content (AvgIpc) is 2.53. The van der Waals surface area contributed by atoms with Crippen LogP contribution in [-0.4, -0.2) is 17.5 Å². The molecule has 1 aromatic heterocycles. The second-order valence-electron chi connectivity index (χ2n) is 4.32. The van der Waals surface area contributed by atoms with E-state index >= 15 is 0 Å². The van der Waals surface area contributed by atoms with Gasteiger partial charge in [-0.3, -0.25) is 9.78 Å².